The molecule has 0 bridgehead atoms. The van der Waals surface area contributed by atoms with Crippen LogP contribution in [0.5, 0.6) is 0 Å². The van der Waals surface area contributed by atoms with Gasteiger partial charge in [-0.1, -0.05) is 0 Å². The van der Waals surface area contributed by atoms with E-state index in [9.17, 15) is 4.79 Å². The molecule has 2 aromatic rings. The molecule has 1 aliphatic heterocycles. The van der Waals surface area contributed by atoms with E-state index in [1.807, 2.05) is 28.4 Å². The summed E-state index contributed by atoms with van der Waals surface area (Å²) in [5.41, 5.74) is 1.89. The Bertz CT molecular complexity index is 752. The van der Waals surface area contributed by atoms with Crippen LogP contribution in [0.1, 0.15) is 74.5 Å². The van der Waals surface area contributed by atoms with Crippen molar-refractivity contribution < 1.29 is 4.79 Å². The quantitative estimate of drug-likeness (QED) is 0.333. The van der Waals surface area contributed by atoms with Gasteiger partial charge in [0.2, 0.25) is 0 Å². The molecule has 3 heterocycles. The monoisotopic (exact) mass is 506 g/mol. The van der Waals surface area contributed by atoms with Gasteiger partial charge in [0.25, 0.3) is 0 Å². The number of amides is 1. The van der Waals surface area contributed by atoms with E-state index < -0.39 is 18.4 Å². The van der Waals surface area contributed by atoms with Gasteiger partial charge in [-0.2, -0.15) is 0 Å². The molecule has 0 N–H and O–H groups in total. The summed E-state index contributed by atoms with van der Waals surface area (Å²) in [6.07, 6.45) is 11.5. The van der Waals surface area contributed by atoms with Crippen LogP contribution in [0.15, 0.2) is 30.6 Å². The molecule has 0 saturated carbocycles. The van der Waals surface area contributed by atoms with Crippen molar-refractivity contribution in [2.24, 2.45) is 0 Å². The third kappa shape index (κ3) is 4.64. The molecule has 3 nitrogen and oxygen atoms in total. The molecule has 3 rings (SSSR count). The van der Waals surface area contributed by atoms with E-state index in [2.05, 4.69) is 31.8 Å². The van der Waals surface area contributed by atoms with E-state index in [1.54, 1.807) is 15.3 Å². The number of hydrogen-bond acceptors (Lipinski definition) is 3. The molecular formula is C23H34N2OSSn. The van der Waals surface area contributed by atoms with E-state index in [4.69, 9.17) is 0 Å². The van der Waals surface area contributed by atoms with Gasteiger partial charge >= 0.3 is 179 Å². The molecule has 0 radical (unpaired) electrons. The first-order chi connectivity index (χ1) is 13.6. The maximum absolute atomic E-state index is 13.1. The summed E-state index contributed by atoms with van der Waals surface area (Å²) < 4.78 is 6.06. The number of unbranched alkanes of at least 4 members (excludes halogenated alkanes) is 3. The van der Waals surface area contributed by atoms with Crippen LogP contribution in [0.3, 0.4) is 0 Å². The fourth-order valence-electron chi connectivity index (χ4n) is 4.36. The zero-order chi connectivity index (χ0) is 20.0. The number of pyridine rings is 1. The Hall–Kier alpha value is -0.881. The molecule has 0 aliphatic carbocycles. The van der Waals surface area contributed by atoms with E-state index in [1.165, 1.54) is 56.7 Å². The van der Waals surface area contributed by atoms with Crippen molar-refractivity contribution in [1.82, 2.24) is 4.98 Å². The van der Waals surface area contributed by atoms with Gasteiger partial charge < -0.3 is 0 Å². The minimum absolute atomic E-state index is 0.173. The Labute approximate surface area is 178 Å². The van der Waals surface area contributed by atoms with Crippen molar-refractivity contribution >= 4 is 44.2 Å². The Morgan fingerprint density at radius 1 is 1.07 bits per heavy atom. The van der Waals surface area contributed by atoms with Crippen LogP contribution >= 0.6 is 11.3 Å². The molecule has 1 amide bonds. The van der Waals surface area contributed by atoms with E-state index in [-0.39, 0.29) is 5.91 Å². The van der Waals surface area contributed by atoms with Gasteiger partial charge in [0.05, 0.1) is 0 Å². The first kappa shape index (κ1) is 21.8. The van der Waals surface area contributed by atoms with Crippen LogP contribution in [0.4, 0.5) is 5.69 Å². The second-order valence-corrected chi connectivity index (χ2v) is 23.4. The predicted molar refractivity (Wildman–Crippen MR) is 124 cm³/mol. The molecule has 2 aromatic heterocycles. The first-order valence-corrected chi connectivity index (χ1v) is 19.3. The van der Waals surface area contributed by atoms with Gasteiger partial charge in [-0.15, -0.1) is 0 Å². The number of anilines is 1. The molecule has 0 saturated heterocycles. The summed E-state index contributed by atoms with van der Waals surface area (Å²) in [5, 5.41) is 0. The average Bonchev–Trinajstić information content (AvgIpc) is 3.28. The number of carbonyl (C=O) groups is 1. The van der Waals surface area contributed by atoms with Gasteiger partial charge in [0.1, 0.15) is 0 Å². The zero-order valence-corrected chi connectivity index (χ0v) is 21.3. The summed E-state index contributed by atoms with van der Waals surface area (Å²) in [5.74, 6) is 0.173. The predicted octanol–water partition coefficient (Wildman–Crippen LogP) is 6.36. The third-order valence-corrected chi connectivity index (χ3v) is 25.4. The Morgan fingerprint density at radius 2 is 1.71 bits per heavy atom. The number of thiophene rings is 1. The zero-order valence-electron chi connectivity index (χ0n) is 17.7. The molecule has 0 fully saturated rings. The van der Waals surface area contributed by atoms with Crippen LogP contribution in [0.25, 0.3) is 0 Å². The molecule has 0 spiro atoms. The van der Waals surface area contributed by atoms with Crippen LogP contribution in [-0.4, -0.2) is 29.3 Å². The molecule has 152 valence electrons. The van der Waals surface area contributed by atoms with Crippen LogP contribution < -0.4 is 7.79 Å². The summed E-state index contributed by atoms with van der Waals surface area (Å²) in [6, 6.07) is 6.23. The third-order valence-electron chi connectivity index (χ3n) is 6.09. The molecular weight excluding hydrogens is 471 g/mol. The molecule has 0 aromatic carbocycles. The molecule has 28 heavy (non-hydrogen) atoms. The Balaban J connectivity index is 1.89. The summed E-state index contributed by atoms with van der Waals surface area (Å²) in [7, 11) is 0. The number of rotatable bonds is 11. The fourth-order valence-corrected chi connectivity index (χ4v) is 24.8. The van der Waals surface area contributed by atoms with Crippen LogP contribution in [0.2, 0.25) is 13.3 Å². The van der Waals surface area contributed by atoms with Crippen molar-refractivity contribution in [2.45, 2.75) is 79.2 Å². The number of fused-ring (bicyclic) bond motifs is 1. The van der Waals surface area contributed by atoms with E-state index >= 15 is 0 Å². The van der Waals surface area contributed by atoms with Crippen LogP contribution in [-0.2, 0) is 6.54 Å². The SMILES string of the molecule is CCC[CH2][Sn]([CH2]CCC)([CH2]CCC)[c]1cc2c(s1)CN(c1cccnc1)C2=O. The number of nitrogens with zero attached hydrogens (tertiary/aromatic N) is 2. The summed E-state index contributed by atoms with van der Waals surface area (Å²) in [4.78, 5) is 20.5. The molecule has 0 atom stereocenters. The van der Waals surface area contributed by atoms with E-state index in [0.717, 1.165) is 17.8 Å². The summed E-state index contributed by atoms with van der Waals surface area (Å²) >= 11 is -0.443. The van der Waals surface area contributed by atoms with Crippen molar-refractivity contribution in [3.63, 3.8) is 0 Å². The second kappa shape index (κ2) is 10.2. The normalized spacial score (nSPS) is 14.0. The standard InChI is InChI=1S/C11H7N2OS.3C4H9.Sn/c14-11-9-3-5-15-10(9)7-13(11)8-2-1-4-12-6-8;3*1-3-4-2;/h1-4,6H,7H2;3*1,3-4H2,2H3;. The minimum atomic E-state index is -2.44. The second-order valence-electron chi connectivity index (χ2n) is 8.14. The molecule has 5 heteroatoms. The average molecular weight is 505 g/mol. The topological polar surface area (TPSA) is 33.2 Å². The van der Waals surface area contributed by atoms with Gasteiger partial charge in [0, 0.05) is 0 Å². The van der Waals surface area contributed by atoms with Gasteiger partial charge in [-0.3, -0.25) is 0 Å². The van der Waals surface area contributed by atoms with E-state index in [0.29, 0.717) is 0 Å². The van der Waals surface area contributed by atoms with Crippen molar-refractivity contribution in [1.29, 1.82) is 0 Å². The Morgan fingerprint density at radius 3 is 2.21 bits per heavy atom. The fraction of sp³-hybridized carbons (Fsp3) is 0.565. The van der Waals surface area contributed by atoms with Crippen LogP contribution in [0, 0.1) is 0 Å². The van der Waals surface area contributed by atoms with Crippen molar-refractivity contribution in [2.75, 3.05) is 4.90 Å². The maximum atomic E-state index is 13.1. The van der Waals surface area contributed by atoms with Crippen molar-refractivity contribution in [3.05, 3.63) is 41.0 Å². The Kier molecular flexibility index (Phi) is 7.98. The van der Waals surface area contributed by atoms with Gasteiger partial charge in [-0.25, -0.2) is 0 Å². The van der Waals surface area contributed by atoms with Gasteiger partial charge in [-0.05, 0) is 0 Å². The number of hydrogen-bond donors (Lipinski definition) is 0. The summed E-state index contributed by atoms with van der Waals surface area (Å²) in [6.45, 7) is 7.68. The molecule has 0 unspecified atom stereocenters. The van der Waals surface area contributed by atoms with Gasteiger partial charge in [0.15, 0.2) is 0 Å². The van der Waals surface area contributed by atoms with Crippen molar-refractivity contribution in [3.8, 4) is 0 Å². The number of carbonyl (C=O) groups excluding carboxylic acids is 1. The first-order valence-electron chi connectivity index (χ1n) is 11.0. The number of aromatic nitrogens is 1. The molecule has 1 aliphatic rings.